The van der Waals surface area contributed by atoms with Gasteiger partial charge in [0.1, 0.15) is 12.4 Å². The van der Waals surface area contributed by atoms with Crippen molar-refractivity contribution in [3.05, 3.63) is 30.3 Å². The largest absolute Gasteiger partial charge is 0.492 e. The van der Waals surface area contributed by atoms with Crippen LogP contribution < -0.4 is 4.74 Å². The fourth-order valence-electron chi connectivity index (χ4n) is 0.975. The molecule has 0 N–H and O–H groups in total. The molecule has 0 saturated heterocycles. The van der Waals surface area contributed by atoms with Crippen LogP contribution in [-0.4, -0.2) is 31.0 Å². The Labute approximate surface area is 84.3 Å². The van der Waals surface area contributed by atoms with Gasteiger partial charge in [-0.05, 0) is 12.1 Å². The van der Waals surface area contributed by atoms with E-state index in [2.05, 4.69) is 0 Å². The number of nitrogens with zero attached hydrogens (tertiary/aromatic N) is 1. The zero-order valence-corrected chi connectivity index (χ0v) is 8.56. The number of para-hydroxylation sites is 1. The second kappa shape index (κ2) is 5.27. The Morgan fingerprint density at radius 2 is 2.00 bits per heavy atom. The van der Waals surface area contributed by atoms with Crippen LogP contribution in [0.1, 0.15) is 6.92 Å². The first-order chi connectivity index (χ1) is 6.70. The van der Waals surface area contributed by atoms with Gasteiger partial charge >= 0.3 is 0 Å². The molecule has 1 rings (SSSR count). The smallest absolute Gasteiger partial charge is 0.219 e. The summed E-state index contributed by atoms with van der Waals surface area (Å²) in [7, 11) is 1.76. The highest BCUT2D eigenvalue weighted by atomic mass is 16.5. The molecule has 0 radical (unpaired) electrons. The minimum Gasteiger partial charge on any atom is -0.492 e. The number of hydrogen-bond acceptors (Lipinski definition) is 2. The molecule has 0 bridgehead atoms. The maximum absolute atomic E-state index is 10.9. The Hall–Kier alpha value is -1.51. The van der Waals surface area contributed by atoms with E-state index in [0.29, 0.717) is 13.2 Å². The van der Waals surface area contributed by atoms with Gasteiger partial charge < -0.3 is 9.64 Å². The van der Waals surface area contributed by atoms with Gasteiger partial charge in [-0.1, -0.05) is 18.2 Å². The first kappa shape index (κ1) is 10.6. The standard InChI is InChI=1S/C11H15NO2/c1-10(13)12(2)8-9-14-11-6-4-3-5-7-11/h3-7H,8-9H2,1-2H3. The van der Waals surface area contributed by atoms with Crippen molar-refractivity contribution in [1.29, 1.82) is 0 Å². The van der Waals surface area contributed by atoms with Crippen LogP contribution in [0.3, 0.4) is 0 Å². The molecule has 0 heterocycles. The highest BCUT2D eigenvalue weighted by molar-refractivity contribution is 5.72. The summed E-state index contributed by atoms with van der Waals surface area (Å²) in [5, 5.41) is 0. The molecule has 1 aromatic carbocycles. The molecule has 0 atom stereocenters. The Bertz CT molecular complexity index is 285. The lowest BCUT2D eigenvalue weighted by molar-refractivity contribution is -0.127. The van der Waals surface area contributed by atoms with Gasteiger partial charge in [0.25, 0.3) is 0 Å². The summed E-state index contributed by atoms with van der Waals surface area (Å²) in [5.41, 5.74) is 0. The van der Waals surface area contributed by atoms with Gasteiger partial charge in [-0.25, -0.2) is 0 Å². The number of likely N-dealkylation sites (N-methyl/N-ethyl adjacent to an activating group) is 1. The number of hydrogen-bond donors (Lipinski definition) is 0. The number of rotatable bonds is 4. The summed E-state index contributed by atoms with van der Waals surface area (Å²) >= 11 is 0. The van der Waals surface area contributed by atoms with Gasteiger partial charge in [0.15, 0.2) is 0 Å². The van der Waals surface area contributed by atoms with Crippen molar-refractivity contribution in [1.82, 2.24) is 4.90 Å². The van der Waals surface area contributed by atoms with Crippen LogP contribution in [0.5, 0.6) is 5.75 Å². The molecular formula is C11H15NO2. The third-order valence-corrected chi connectivity index (χ3v) is 1.98. The van der Waals surface area contributed by atoms with Gasteiger partial charge in [0.2, 0.25) is 5.91 Å². The minimum atomic E-state index is 0.0571. The lowest BCUT2D eigenvalue weighted by Crippen LogP contribution is -2.28. The molecule has 0 saturated carbocycles. The average Bonchev–Trinajstić information content (AvgIpc) is 2.19. The van der Waals surface area contributed by atoms with Crippen molar-refractivity contribution >= 4 is 5.91 Å². The van der Waals surface area contributed by atoms with Gasteiger partial charge in [-0.15, -0.1) is 0 Å². The highest BCUT2D eigenvalue weighted by Gasteiger charge is 2.00. The fourth-order valence-corrected chi connectivity index (χ4v) is 0.975. The SMILES string of the molecule is CC(=O)N(C)CCOc1ccccc1. The number of benzene rings is 1. The molecule has 76 valence electrons. The molecule has 0 aliphatic heterocycles. The maximum Gasteiger partial charge on any atom is 0.219 e. The third kappa shape index (κ3) is 3.47. The van der Waals surface area contributed by atoms with E-state index in [0.717, 1.165) is 5.75 Å². The van der Waals surface area contributed by atoms with Crippen molar-refractivity contribution in [2.45, 2.75) is 6.92 Å². The monoisotopic (exact) mass is 193 g/mol. The number of amides is 1. The van der Waals surface area contributed by atoms with Crippen molar-refractivity contribution in [2.24, 2.45) is 0 Å². The lowest BCUT2D eigenvalue weighted by atomic mass is 10.3. The van der Waals surface area contributed by atoms with Crippen LogP contribution in [0.15, 0.2) is 30.3 Å². The third-order valence-electron chi connectivity index (χ3n) is 1.98. The summed E-state index contributed by atoms with van der Waals surface area (Å²) in [6, 6.07) is 9.57. The van der Waals surface area contributed by atoms with Crippen molar-refractivity contribution in [3.8, 4) is 5.75 Å². The van der Waals surface area contributed by atoms with E-state index < -0.39 is 0 Å². The summed E-state index contributed by atoms with van der Waals surface area (Å²) in [6.07, 6.45) is 0. The summed E-state index contributed by atoms with van der Waals surface area (Å²) in [5.74, 6) is 0.895. The molecule has 0 aliphatic rings. The van der Waals surface area contributed by atoms with Crippen LogP contribution in [0.2, 0.25) is 0 Å². The van der Waals surface area contributed by atoms with Crippen LogP contribution in [0, 0.1) is 0 Å². The van der Waals surface area contributed by atoms with Crippen molar-refractivity contribution in [3.63, 3.8) is 0 Å². The molecule has 3 nitrogen and oxygen atoms in total. The molecule has 0 aromatic heterocycles. The molecule has 3 heteroatoms. The van der Waals surface area contributed by atoms with Crippen LogP contribution in [0.4, 0.5) is 0 Å². The Kier molecular flexibility index (Phi) is 3.98. The summed E-state index contributed by atoms with van der Waals surface area (Å²) in [4.78, 5) is 12.5. The van der Waals surface area contributed by atoms with Gasteiger partial charge in [0.05, 0.1) is 6.54 Å². The predicted octanol–water partition coefficient (Wildman–Crippen LogP) is 1.54. The van der Waals surface area contributed by atoms with Crippen molar-refractivity contribution < 1.29 is 9.53 Å². The molecular weight excluding hydrogens is 178 g/mol. The number of ether oxygens (including phenoxy) is 1. The van der Waals surface area contributed by atoms with Crippen LogP contribution >= 0.6 is 0 Å². The van der Waals surface area contributed by atoms with Gasteiger partial charge in [-0.2, -0.15) is 0 Å². The van der Waals surface area contributed by atoms with E-state index in [9.17, 15) is 4.79 Å². The second-order valence-electron chi connectivity index (χ2n) is 3.10. The van der Waals surface area contributed by atoms with E-state index in [1.165, 1.54) is 0 Å². The lowest BCUT2D eigenvalue weighted by Gasteiger charge is -2.14. The van der Waals surface area contributed by atoms with Gasteiger partial charge in [-0.3, -0.25) is 4.79 Å². The molecule has 1 amide bonds. The van der Waals surface area contributed by atoms with E-state index in [-0.39, 0.29) is 5.91 Å². The highest BCUT2D eigenvalue weighted by Crippen LogP contribution is 2.07. The zero-order valence-electron chi connectivity index (χ0n) is 8.56. The Morgan fingerprint density at radius 1 is 1.36 bits per heavy atom. The van der Waals surface area contributed by atoms with E-state index in [1.807, 2.05) is 30.3 Å². The van der Waals surface area contributed by atoms with Crippen LogP contribution in [-0.2, 0) is 4.79 Å². The van der Waals surface area contributed by atoms with E-state index in [1.54, 1.807) is 18.9 Å². The molecule has 14 heavy (non-hydrogen) atoms. The zero-order chi connectivity index (χ0) is 10.4. The van der Waals surface area contributed by atoms with E-state index >= 15 is 0 Å². The molecule has 0 aliphatic carbocycles. The molecule has 0 fully saturated rings. The number of carbonyl (C=O) groups excluding carboxylic acids is 1. The van der Waals surface area contributed by atoms with Crippen molar-refractivity contribution in [2.75, 3.05) is 20.2 Å². The summed E-state index contributed by atoms with van der Waals surface area (Å²) < 4.78 is 5.43. The maximum atomic E-state index is 10.9. The average molecular weight is 193 g/mol. The van der Waals surface area contributed by atoms with E-state index in [4.69, 9.17) is 4.74 Å². The van der Waals surface area contributed by atoms with Gasteiger partial charge in [0, 0.05) is 14.0 Å². The normalized spacial score (nSPS) is 9.57. The fraction of sp³-hybridized carbons (Fsp3) is 0.364. The Balaban J connectivity index is 2.26. The quantitative estimate of drug-likeness (QED) is 0.726. The molecule has 0 unspecified atom stereocenters. The number of carbonyl (C=O) groups is 1. The first-order valence-corrected chi connectivity index (χ1v) is 4.59. The minimum absolute atomic E-state index is 0.0571. The summed E-state index contributed by atoms with van der Waals surface area (Å²) in [6.45, 7) is 2.69. The van der Waals surface area contributed by atoms with Crippen LogP contribution in [0.25, 0.3) is 0 Å². The molecule has 0 spiro atoms. The predicted molar refractivity (Wildman–Crippen MR) is 55.2 cm³/mol. The molecule has 1 aromatic rings. The topological polar surface area (TPSA) is 29.5 Å². The first-order valence-electron chi connectivity index (χ1n) is 4.59. The second-order valence-corrected chi connectivity index (χ2v) is 3.10. The Morgan fingerprint density at radius 3 is 2.57 bits per heavy atom.